The maximum atomic E-state index is 12.2. The molecule has 3 aromatic rings. The number of nitrogens with one attached hydrogen (secondary N) is 1. The number of carbonyl (C=O) groups is 1. The van der Waals surface area contributed by atoms with Crippen molar-refractivity contribution in [3.8, 4) is 17.2 Å². The summed E-state index contributed by atoms with van der Waals surface area (Å²) < 4.78 is 11.6. The van der Waals surface area contributed by atoms with E-state index in [9.17, 15) is 4.79 Å². The number of amides is 1. The van der Waals surface area contributed by atoms with E-state index in [2.05, 4.69) is 17.2 Å². The highest BCUT2D eigenvalue weighted by Crippen LogP contribution is 2.25. The van der Waals surface area contributed by atoms with E-state index in [0.717, 1.165) is 24.2 Å². The van der Waals surface area contributed by atoms with Crippen molar-refractivity contribution < 1.29 is 14.3 Å². The fourth-order valence-corrected chi connectivity index (χ4v) is 2.66. The zero-order valence-corrected chi connectivity index (χ0v) is 16.4. The largest absolute Gasteiger partial charge is 0.493 e. The third kappa shape index (κ3) is 5.97. The van der Waals surface area contributed by atoms with Gasteiger partial charge in [0.15, 0.2) is 0 Å². The molecule has 0 aliphatic rings. The standard InChI is InChI=1S/C23H25N3O3/c1-2-3-14-28-19-6-4-7-20(15-19)29-18-11-9-17(10-12-18)16-26-23(27)21-8-5-13-25-22(21)24/h4-13,15H,2-3,14,16H2,1H3,(H2,24,25)(H,26,27). The molecule has 0 unspecified atom stereocenters. The molecule has 0 aliphatic heterocycles. The lowest BCUT2D eigenvalue weighted by Gasteiger charge is -2.10. The van der Waals surface area contributed by atoms with Crippen molar-refractivity contribution in [1.29, 1.82) is 0 Å². The summed E-state index contributed by atoms with van der Waals surface area (Å²) in [7, 11) is 0. The van der Waals surface area contributed by atoms with Crippen molar-refractivity contribution >= 4 is 11.7 Å². The number of rotatable bonds is 9. The molecule has 0 aliphatic carbocycles. The van der Waals surface area contributed by atoms with E-state index >= 15 is 0 Å². The Morgan fingerprint density at radius 2 is 1.83 bits per heavy atom. The number of unbranched alkanes of at least 4 members (excludes halogenated alkanes) is 1. The van der Waals surface area contributed by atoms with Crippen LogP contribution in [0.4, 0.5) is 5.82 Å². The van der Waals surface area contributed by atoms with Crippen molar-refractivity contribution in [3.63, 3.8) is 0 Å². The average Bonchev–Trinajstić information content (AvgIpc) is 2.74. The number of pyridine rings is 1. The third-order valence-corrected chi connectivity index (χ3v) is 4.27. The number of carbonyl (C=O) groups excluding carboxylic acids is 1. The number of hydrogen-bond acceptors (Lipinski definition) is 5. The Hall–Kier alpha value is -3.54. The lowest BCUT2D eigenvalue weighted by atomic mass is 10.2. The van der Waals surface area contributed by atoms with Crippen molar-refractivity contribution in [3.05, 3.63) is 78.0 Å². The number of anilines is 1. The number of benzene rings is 2. The fraction of sp³-hybridized carbons (Fsp3) is 0.217. The molecule has 1 aromatic heterocycles. The summed E-state index contributed by atoms with van der Waals surface area (Å²) in [6.45, 7) is 3.21. The van der Waals surface area contributed by atoms with E-state index in [1.807, 2.05) is 48.5 Å². The Kier molecular flexibility index (Phi) is 7.05. The van der Waals surface area contributed by atoms with Crippen LogP contribution in [0, 0.1) is 0 Å². The van der Waals surface area contributed by atoms with Crippen molar-refractivity contribution in [2.45, 2.75) is 26.3 Å². The van der Waals surface area contributed by atoms with Gasteiger partial charge in [0.25, 0.3) is 5.91 Å². The van der Waals surface area contributed by atoms with Crippen LogP contribution in [-0.2, 0) is 6.54 Å². The molecule has 6 heteroatoms. The Morgan fingerprint density at radius 1 is 1.03 bits per heavy atom. The molecule has 0 bridgehead atoms. The smallest absolute Gasteiger partial charge is 0.255 e. The fourth-order valence-electron chi connectivity index (χ4n) is 2.66. The van der Waals surface area contributed by atoms with Crippen LogP contribution in [0.5, 0.6) is 17.2 Å². The molecular formula is C23H25N3O3. The highest BCUT2D eigenvalue weighted by molar-refractivity contribution is 5.98. The number of aromatic nitrogens is 1. The summed E-state index contributed by atoms with van der Waals surface area (Å²) in [5.41, 5.74) is 7.05. The molecule has 29 heavy (non-hydrogen) atoms. The predicted octanol–water partition coefficient (Wildman–Crippen LogP) is 4.57. The van der Waals surface area contributed by atoms with Gasteiger partial charge in [0.05, 0.1) is 12.2 Å². The van der Waals surface area contributed by atoms with Crippen LogP contribution in [0.1, 0.15) is 35.7 Å². The van der Waals surface area contributed by atoms with Gasteiger partial charge in [0.1, 0.15) is 23.1 Å². The van der Waals surface area contributed by atoms with Gasteiger partial charge >= 0.3 is 0 Å². The van der Waals surface area contributed by atoms with Gasteiger partial charge in [-0.25, -0.2) is 4.98 Å². The quantitative estimate of drug-likeness (QED) is 0.522. The van der Waals surface area contributed by atoms with Crippen LogP contribution in [0.3, 0.4) is 0 Å². The second-order valence-corrected chi connectivity index (χ2v) is 6.54. The van der Waals surface area contributed by atoms with E-state index < -0.39 is 0 Å². The second kappa shape index (κ2) is 10.1. The maximum Gasteiger partial charge on any atom is 0.255 e. The first-order chi connectivity index (χ1) is 14.2. The molecule has 0 atom stereocenters. The molecule has 1 heterocycles. The number of ether oxygens (including phenoxy) is 2. The van der Waals surface area contributed by atoms with E-state index in [-0.39, 0.29) is 11.7 Å². The summed E-state index contributed by atoms with van der Waals surface area (Å²) in [4.78, 5) is 16.1. The van der Waals surface area contributed by atoms with Crippen LogP contribution in [-0.4, -0.2) is 17.5 Å². The van der Waals surface area contributed by atoms with E-state index in [1.165, 1.54) is 0 Å². The Balaban J connectivity index is 1.54. The van der Waals surface area contributed by atoms with Gasteiger partial charge in [-0.05, 0) is 48.4 Å². The normalized spacial score (nSPS) is 10.4. The van der Waals surface area contributed by atoms with Crippen LogP contribution in [0.2, 0.25) is 0 Å². The minimum Gasteiger partial charge on any atom is -0.493 e. The molecule has 0 saturated heterocycles. The number of nitrogens with zero attached hydrogens (tertiary/aromatic N) is 1. The van der Waals surface area contributed by atoms with E-state index in [1.54, 1.807) is 18.3 Å². The predicted molar refractivity (Wildman–Crippen MR) is 113 cm³/mol. The first-order valence-electron chi connectivity index (χ1n) is 9.64. The van der Waals surface area contributed by atoms with Crippen LogP contribution in [0.25, 0.3) is 0 Å². The molecule has 1 amide bonds. The Morgan fingerprint density at radius 3 is 2.59 bits per heavy atom. The first-order valence-corrected chi connectivity index (χ1v) is 9.64. The van der Waals surface area contributed by atoms with Gasteiger partial charge in [0, 0.05) is 18.8 Å². The average molecular weight is 391 g/mol. The number of nitrogens with two attached hydrogens (primary N) is 1. The highest BCUT2D eigenvalue weighted by atomic mass is 16.5. The molecule has 3 rings (SSSR count). The molecule has 0 radical (unpaired) electrons. The summed E-state index contributed by atoms with van der Waals surface area (Å²) in [5.74, 6) is 2.19. The topological polar surface area (TPSA) is 86.5 Å². The van der Waals surface area contributed by atoms with E-state index in [4.69, 9.17) is 15.2 Å². The zero-order chi connectivity index (χ0) is 20.5. The van der Waals surface area contributed by atoms with Gasteiger partial charge in [-0.1, -0.05) is 31.5 Å². The molecule has 2 aromatic carbocycles. The van der Waals surface area contributed by atoms with Gasteiger partial charge in [0.2, 0.25) is 0 Å². The molecule has 150 valence electrons. The van der Waals surface area contributed by atoms with Gasteiger partial charge in [-0.15, -0.1) is 0 Å². The van der Waals surface area contributed by atoms with Gasteiger partial charge in [-0.3, -0.25) is 4.79 Å². The summed E-state index contributed by atoms with van der Waals surface area (Å²) in [6, 6.07) is 18.5. The maximum absolute atomic E-state index is 12.2. The van der Waals surface area contributed by atoms with Crippen molar-refractivity contribution in [1.82, 2.24) is 10.3 Å². The monoisotopic (exact) mass is 391 g/mol. The molecule has 6 nitrogen and oxygen atoms in total. The summed E-state index contributed by atoms with van der Waals surface area (Å²) in [5, 5.41) is 2.84. The Bertz CT molecular complexity index is 942. The number of nitrogen functional groups attached to an aromatic ring is 1. The third-order valence-electron chi connectivity index (χ3n) is 4.27. The van der Waals surface area contributed by atoms with Crippen molar-refractivity contribution in [2.75, 3.05) is 12.3 Å². The first kappa shape index (κ1) is 20.2. The van der Waals surface area contributed by atoms with Gasteiger partial charge in [-0.2, -0.15) is 0 Å². The zero-order valence-electron chi connectivity index (χ0n) is 16.4. The highest BCUT2D eigenvalue weighted by Gasteiger charge is 2.09. The second-order valence-electron chi connectivity index (χ2n) is 6.54. The van der Waals surface area contributed by atoms with Gasteiger partial charge < -0.3 is 20.5 Å². The van der Waals surface area contributed by atoms with E-state index in [0.29, 0.717) is 30.2 Å². The molecule has 0 spiro atoms. The lowest BCUT2D eigenvalue weighted by molar-refractivity contribution is 0.0951. The minimum absolute atomic E-state index is 0.217. The summed E-state index contributed by atoms with van der Waals surface area (Å²) >= 11 is 0. The molecule has 0 saturated carbocycles. The van der Waals surface area contributed by atoms with Crippen molar-refractivity contribution in [2.24, 2.45) is 0 Å². The molecular weight excluding hydrogens is 366 g/mol. The SMILES string of the molecule is CCCCOc1cccc(Oc2ccc(CNC(=O)c3cccnc3N)cc2)c1. The van der Waals surface area contributed by atoms with Crippen LogP contribution in [0.15, 0.2) is 66.9 Å². The molecule has 0 fully saturated rings. The summed E-state index contributed by atoms with van der Waals surface area (Å²) in [6.07, 6.45) is 3.67. The van der Waals surface area contributed by atoms with Crippen LogP contribution < -0.4 is 20.5 Å². The number of hydrogen-bond donors (Lipinski definition) is 2. The Labute approximate surface area is 170 Å². The minimum atomic E-state index is -0.254. The lowest BCUT2D eigenvalue weighted by Crippen LogP contribution is -2.24. The molecule has 3 N–H and O–H groups in total. The van der Waals surface area contributed by atoms with Crippen LogP contribution >= 0.6 is 0 Å².